The molecule has 2 heterocycles. The molecule has 1 aliphatic rings. The van der Waals surface area contributed by atoms with Gasteiger partial charge in [0.25, 0.3) is 0 Å². The molecule has 0 amide bonds. The second-order valence-corrected chi connectivity index (χ2v) is 7.28. The number of aliphatic carboxylic acids is 1. The zero-order chi connectivity index (χ0) is 14.4. The van der Waals surface area contributed by atoms with Crippen LogP contribution in [0, 0.1) is 0 Å². The highest BCUT2D eigenvalue weighted by Crippen LogP contribution is 2.42. The van der Waals surface area contributed by atoms with Gasteiger partial charge in [-0.05, 0) is 11.6 Å². The zero-order valence-electron chi connectivity index (χ0n) is 11.1. The third-order valence-electron chi connectivity index (χ3n) is 3.80. The highest BCUT2D eigenvalue weighted by molar-refractivity contribution is 7.99. The molecule has 106 valence electrons. The second kappa shape index (κ2) is 5.02. The summed E-state index contributed by atoms with van der Waals surface area (Å²) in [5.74, 6) is -0.158. The van der Waals surface area contributed by atoms with Crippen molar-refractivity contribution < 1.29 is 9.90 Å². The topological polar surface area (TPSA) is 49.3 Å². The fourth-order valence-electron chi connectivity index (χ4n) is 2.77. The highest BCUT2D eigenvalue weighted by atomic mass is 32.2. The standard InChI is InChI=1S/C16H13NO2S2/c18-16(19)12-8-20-15(17-12)11-6-3-5-10-9-4-1-2-7-13(9)21-14(10)11/h1-7,12,15,17H,8H2,(H,18,19). The second-order valence-electron chi connectivity index (χ2n) is 5.09. The predicted molar refractivity (Wildman–Crippen MR) is 89.1 cm³/mol. The molecule has 5 heteroatoms. The number of nitrogens with one attached hydrogen (secondary N) is 1. The van der Waals surface area contributed by atoms with Crippen LogP contribution in [0.5, 0.6) is 0 Å². The summed E-state index contributed by atoms with van der Waals surface area (Å²) in [6.07, 6.45) is 0. The highest BCUT2D eigenvalue weighted by Gasteiger charge is 2.31. The number of hydrogen-bond acceptors (Lipinski definition) is 4. The Morgan fingerprint density at radius 3 is 2.76 bits per heavy atom. The van der Waals surface area contributed by atoms with E-state index in [9.17, 15) is 4.79 Å². The van der Waals surface area contributed by atoms with Crippen molar-refractivity contribution in [2.75, 3.05) is 5.75 Å². The first-order valence-electron chi connectivity index (χ1n) is 6.74. The monoisotopic (exact) mass is 315 g/mol. The van der Waals surface area contributed by atoms with Gasteiger partial charge in [0.05, 0.1) is 5.37 Å². The minimum absolute atomic E-state index is 0.0582. The van der Waals surface area contributed by atoms with Crippen LogP contribution in [0.15, 0.2) is 42.5 Å². The number of hydrogen-bond donors (Lipinski definition) is 2. The maximum atomic E-state index is 11.1. The SMILES string of the molecule is O=C(O)C1CSC(c2cccc3c2sc2ccccc23)N1. The number of carboxylic acid groups (broad SMARTS) is 1. The van der Waals surface area contributed by atoms with Gasteiger partial charge in [0.15, 0.2) is 0 Å². The Balaban J connectivity index is 1.84. The van der Waals surface area contributed by atoms with E-state index in [1.54, 1.807) is 23.1 Å². The third-order valence-corrected chi connectivity index (χ3v) is 6.28. The van der Waals surface area contributed by atoms with Crippen LogP contribution in [-0.4, -0.2) is 22.9 Å². The minimum Gasteiger partial charge on any atom is -0.480 e. The first-order chi connectivity index (χ1) is 10.2. The summed E-state index contributed by atoms with van der Waals surface area (Å²) < 4.78 is 2.53. The quantitative estimate of drug-likeness (QED) is 0.754. The number of carbonyl (C=O) groups is 1. The predicted octanol–water partition coefficient (Wildman–Crippen LogP) is 3.84. The maximum Gasteiger partial charge on any atom is 0.321 e. The number of benzene rings is 2. The lowest BCUT2D eigenvalue weighted by molar-refractivity contribution is -0.138. The van der Waals surface area contributed by atoms with Crippen LogP contribution < -0.4 is 5.32 Å². The number of thiophene rings is 1. The average Bonchev–Trinajstić information content (AvgIpc) is 3.11. The lowest BCUT2D eigenvalue weighted by atomic mass is 10.1. The Bertz CT molecular complexity index is 843. The van der Waals surface area contributed by atoms with Crippen LogP contribution in [0.4, 0.5) is 0 Å². The van der Waals surface area contributed by atoms with Crippen molar-refractivity contribution in [2.24, 2.45) is 0 Å². The zero-order valence-corrected chi connectivity index (χ0v) is 12.7. The molecule has 4 rings (SSSR count). The normalized spacial score (nSPS) is 22.1. The van der Waals surface area contributed by atoms with Crippen molar-refractivity contribution >= 4 is 49.2 Å². The molecule has 2 atom stereocenters. The molecule has 1 aliphatic heterocycles. The summed E-state index contributed by atoms with van der Waals surface area (Å²) in [7, 11) is 0. The minimum atomic E-state index is -0.770. The molecular weight excluding hydrogens is 302 g/mol. The molecule has 1 saturated heterocycles. The van der Waals surface area contributed by atoms with Crippen LogP contribution >= 0.6 is 23.1 Å². The van der Waals surface area contributed by atoms with E-state index in [2.05, 4.69) is 47.8 Å². The van der Waals surface area contributed by atoms with E-state index in [0.717, 1.165) is 0 Å². The van der Waals surface area contributed by atoms with Gasteiger partial charge in [-0.1, -0.05) is 36.4 Å². The summed E-state index contributed by atoms with van der Waals surface area (Å²) in [6, 6.07) is 14.3. The molecular formula is C16H13NO2S2. The van der Waals surface area contributed by atoms with Crippen molar-refractivity contribution in [1.82, 2.24) is 5.32 Å². The van der Waals surface area contributed by atoms with Crippen LogP contribution in [-0.2, 0) is 4.79 Å². The Labute approximate surface area is 130 Å². The van der Waals surface area contributed by atoms with E-state index in [1.165, 1.54) is 25.7 Å². The number of fused-ring (bicyclic) bond motifs is 3. The van der Waals surface area contributed by atoms with Crippen LogP contribution in [0.1, 0.15) is 10.9 Å². The molecule has 1 fully saturated rings. The summed E-state index contributed by atoms with van der Waals surface area (Å²) in [5, 5.41) is 14.9. The van der Waals surface area contributed by atoms with E-state index in [1.807, 2.05) is 0 Å². The largest absolute Gasteiger partial charge is 0.480 e. The number of carboxylic acids is 1. The van der Waals surface area contributed by atoms with Crippen LogP contribution in [0.3, 0.4) is 0 Å². The van der Waals surface area contributed by atoms with Crippen LogP contribution in [0.25, 0.3) is 20.2 Å². The Morgan fingerprint density at radius 1 is 1.14 bits per heavy atom. The lowest BCUT2D eigenvalue weighted by Crippen LogP contribution is -2.33. The summed E-state index contributed by atoms with van der Waals surface area (Å²) >= 11 is 3.46. The summed E-state index contributed by atoms with van der Waals surface area (Å²) in [5.41, 5.74) is 1.20. The van der Waals surface area contributed by atoms with Crippen molar-refractivity contribution in [3.8, 4) is 0 Å². The van der Waals surface area contributed by atoms with Gasteiger partial charge < -0.3 is 5.11 Å². The fourth-order valence-corrected chi connectivity index (χ4v) is 5.35. The summed E-state index contributed by atoms with van der Waals surface area (Å²) in [4.78, 5) is 11.1. The third kappa shape index (κ3) is 2.12. The molecule has 2 aromatic carbocycles. The Morgan fingerprint density at radius 2 is 1.95 bits per heavy atom. The van der Waals surface area contributed by atoms with Crippen molar-refractivity contribution in [3.63, 3.8) is 0 Å². The van der Waals surface area contributed by atoms with E-state index in [4.69, 9.17) is 5.11 Å². The molecule has 0 spiro atoms. The smallest absolute Gasteiger partial charge is 0.321 e. The van der Waals surface area contributed by atoms with Gasteiger partial charge in [0.2, 0.25) is 0 Å². The van der Waals surface area contributed by atoms with Gasteiger partial charge in [-0.25, -0.2) is 0 Å². The molecule has 0 radical (unpaired) electrons. The Hall–Kier alpha value is -1.56. The van der Waals surface area contributed by atoms with E-state index >= 15 is 0 Å². The van der Waals surface area contributed by atoms with Gasteiger partial charge in [0, 0.05) is 25.9 Å². The molecule has 3 nitrogen and oxygen atoms in total. The van der Waals surface area contributed by atoms with Crippen molar-refractivity contribution in [2.45, 2.75) is 11.4 Å². The van der Waals surface area contributed by atoms with E-state index < -0.39 is 12.0 Å². The van der Waals surface area contributed by atoms with Crippen molar-refractivity contribution in [3.05, 3.63) is 48.0 Å². The molecule has 2 N–H and O–H groups in total. The first-order valence-corrected chi connectivity index (χ1v) is 8.61. The maximum absolute atomic E-state index is 11.1. The summed E-state index contributed by atoms with van der Waals surface area (Å²) in [6.45, 7) is 0. The van der Waals surface area contributed by atoms with Gasteiger partial charge in [0.1, 0.15) is 6.04 Å². The Kier molecular flexibility index (Phi) is 3.14. The number of rotatable bonds is 2. The van der Waals surface area contributed by atoms with Gasteiger partial charge >= 0.3 is 5.97 Å². The molecule has 0 bridgehead atoms. The first kappa shape index (κ1) is 13.1. The van der Waals surface area contributed by atoms with Gasteiger partial charge in [-0.2, -0.15) is 0 Å². The van der Waals surface area contributed by atoms with E-state index in [0.29, 0.717) is 5.75 Å². The molecule has 0 aliphatic carbocycles. The lowest BCUT2D eigenvalue weighted by Gasteiger charge is -2.12. The molecule has 2 unspecified atom stereocenters. The molecule has 0 saturated carbocycles. The average molecular weight is 315 g/mol. The molecule has 21 heavy (non-hydrogen) atoms. The van der Waals surface area contributed by atoms with Gasteiger partial charge in [-0.15, -0.1) is 23.1 Å². The van der Waals surface area contributed by atoms with Crippen LogP contribution in [0.2, 0.25) is 0 Å². The molecule has 1 aromatic heterocycles. The van der Waals surface area contributed by atoms with E-state index in [-0.39, 0.29) is 5.37 Å². The fraction of sp³-hybridized carbons (Fsp3) is 0.188. The number of thioether (sulfide) groups is 1. The molecule has 3 aromatic rings. The van der Waals surface area contributed by atoms with Crippen molar-refractivity contribution in [1.29, 1.82) is 0 Å². The van der Waals surface area contributed by atoms with Gasteiger partial charge in [-0.3, -0.25) is 10.1 Å².